The van der Waals surface area contributed by atoms with Gasteiger partial charge in [0.25, 0.3) is 0 Å². The summed E-state index contributed by atoms with van der Waals surface area (Å²) in [5.41, 5.74) is 4.29. The predicted octanol–water partition coefficient (Wildman–Crippen LogP) is 4.47. The molecule has 4 rings (SSSR count). The molecule has 1 atom stereocenters. The number of rotatable bonds is 5. The van der Waals surface area contributed by atoms with E-state index in [4.69, 9.17) is 4.74 Å². The summed E-state index contributed by atoms with van der Waals surface area (Å²) in [5, 5.41) is 2.76. The maximum Gasteiger partial charge on any atom is 0.244 e. The van der Waals surface area contributed by atoms with Gasteiger partial charge in [-0.2, -0.15) is 0 Å². The smallest absolute Gasteiger partial charge is 0.244 e. The van der Waals surface area contributed by atoms with Crippen molar-refractivity contribution in [1.82, 2.24) is 10.3 Å². The Bertz CT molecular complexity index is 1130. The summed E-state index contributed by atoms with van der Waals surface area (Å²) in [6.45, 7) is 2.34. The minimum atomic E-state index is -0.715. The van der Waals surface area contributed by atoms with E-state index in [-0.39, 0.29) is 17.6 Å². The summed E-state index contributed by atoms with van der Waals surface area (Å²) in [4.78, 5) is 16.5. The molecule has 6 heteroatoms. The van der Waals surface area contributed by atoms with Crippen LogP contribution in [-0.2, 0) is 11.2 Å². The maximum atomic E-state index is 13.6. The van der Waals surface area contributed by atoms with Gasteiger partial charge in [-0.3, -0.25) is 9.78 Å². The highest BCUT2D eigenvalue weighted by Crippen LogP contribution is 2.33. The molecule has 0 aliphatic carbocycles. The molecule has 1 aliphatic heterocycles. The fourth-order valence-electron chi connectivity index (χ4n) is 3.44. The maximum absolute atomic E-state index is 13.6. The average molecular weight is 406 g/mol. The Morgan fingerprint density at radius 3 is 2.90 bits per heavy atom. The van der Waals surface area contributed by atoms with Crippen LogP contribution in [-0.4, -0.2) is 23.5 Å². The average Bonchev–Trinajstić information content (AvgIpc) is 3.14. The van der Waals surface area contributed by atoms with Crippen LogP contribution in [0.15, 0.2) is 60.8 Å². The number of amides is 1. The monoisotopic (exact) mass is 406 g/mol. The Morgan fingerprint density at radius 1 is 1.23 bits per heavy atom. The molecule has 0 radical (unpaired) electrons. The van der Waals surface area contributed by atoms with Gasteiger partial charge < -0.3 is 10.1 Å². The number of carbonyl (C=O) groups is 1. The Balaban J connectivity index is 1.35. The largest absolute Gasteiger partial charge is 0.488 e. The standard InChI is InChI=1S/C24H20F2N2O2/c1-15-3-2-10-27-24(15)17-5-8-22-18(11-17)12-20(30-22)14-28-23(29)9-6-16-4-7-19(25)13-21(16)26/h2-11,13,20H,12,14H2,1H3,(H,28,29)/b9-6+/t20-/m1/s1. The molecule has 152 valence electrons. The molecule has 0 saturated heterocycles. The molecule has 0 spiro atoms. The molecule has 2 heterocycles. The van der Waals surface area contributed by atoms with Gasteiger partial charge in [0.05, 0.1) is 12.2 Å². The van der Waals surface area contributed by atoms with Crippen molar-refractivity contribution in [3.8, 4) is 17.0 Å². The molecule has 1 aliphatic rings. The lowest BCUT2D eigenvalue weighted by Crippen LogP contribution is -2.33. The van der Waals surface area contributed by atoms with Gasteiger partial charge >= 0.3 is 0 Å². The molecule has 1 aromatic heterocycles. The van der Waals surface area contributed by atoms with Crippen molar-refractivity contribution in [2.75, 3.05) is 6.54 Å². The van der Waals surface area contributed by atoms with Gasteiger partial charge in [-0.1, -0.05) is 6.07 Å². The third-order valence-electron chi connectivity index (χ3n) is 4.97. The van der Waals surface area contributed by atoms with Crippen molar-refractivity contribution in [2.45, 2.75) is 19.4 Å². The van der Waals surface area contributed by atoms with Gasteiger partial charge in [0, 0.05) is 35.9 Å². The van der Waals surface area contributed by atoms with Crippen LogP contribution in [0.2, 0.25) is 0 Å². The number of aryl methyl sites for hydroxylation is 1. The minimum Gasteiger partial charge on any atom is -0.488 e. The van der Waals surface area contributed by atoms with Crippen molar-refractivity contribution in [3.63, 3.8) is 0 Å². The summed E-state index contributed by atoms with van der Waals surface area (Å²) in [6, 6.07) is 13.1. The number of benzene rings is 2. The summed E-state index contributed by atoms with van der Waals surface area (Å²) < 4.78 is 32.5. The van der Waals surface area contributed by atoms with Crippen LogP contribution in [0.3, 0.4) is 0 Å². The molecule has 0 unspecified atom stereocenters. The SMILES string of the molecule is Cc1cccnc1-c1ccc2c(c1)C[C@H](CNC(=O)/C=C/c1ccc(F)cc1F)O2. The third kappa shape index (κ3) is 4.38. The highest BCUT2D eigenvalue weighted by Gasteiger charge is 2.23. The fraction of sp³-hybridized carbons (Fsp3) is 0.167. The van der Waals surface area contributed by atoms with Crippen LogP contribution in [0.5, 0.6) is 5.75 Å². The summed E-state index contributed by atoms with van der Waals surface area (Å²) in [6.07, 6.45) is 4.80. The molecule has 1 N–H and O–H groups in total. The van der Waals surface area contributed by atoms with E-state index in [1.165, 1.54) is 18.2 Å². The number of nitrogens with one attached hydrogen (secondary N) is 1. The first-order valence-corrected chi connectivity index (χ1v) is 9.62. The Hall–Kier alpha value is -3.54. The van der Waals surface area contributed by atoms with Gasteiger partial charge in [0.15, 0.2) is 0 Å². The second-order valence-corrected chi connectivity index (χ2v) is 7.18. The van der Waals surface area contributed by atoms with E-state index < -0.39 is 11.6 Å². The van der Waals surface area contributed by atoms with Gasteiger partial charge in [-0.25, -0.2) is 8.78 Å². The van der Waals surface area contributed by atoms with Crippen LogP contribution >= 0.6 is 0 Å². The van der Waals surface area contributed by atoms with Crippen LogP contribution < -0.4 is 10.1 Å². The van der Waals surface area contributed by atoms with Gasteiger partial charge in [-0.15, -0.1) is 0 Å². The van der Waals surface area contributed by atoms with Crippen LogP contribution in [0.1, 0.15) is 16.7 Å². The molecule has 2 aromatic carbocycles. The lowest BCUT2D eigenvalue weighted by atomic mass is 10.0. The number of halogens is 2. The number of pyridine rings is 1. The summed E-state index contributed by atoms with van der Waals surface area (Å²) >= 11 is 0. The number of fused-ring (bicyclic) bond motifs is 1. The lowest BCUT2D eigenvalue weighted by molar-refractivity contribution is -0.116. The van der Waals surface area contributed by atoms with Crippen LogP contribution in [0, 0.1) is 18.6 Å². The minimum absolute atomic E-state index is 0.147. The summed E-state index contributed by atoms with van der Waals surface area (Å²) in [7, 11) is 0. The Labute approximate surface area is 173 Å². The first-order valence-electron chi connectivity index (χ1n) is 9.62. The zero-order valence-corrected chi connectivity index (χ0v) is 16.4. The molecule has 30 heavy (non-hydrogen) atoms. The number of hydrogen-bond acceptors (Lipinski definition) is 3. The molecular weight excluding hydrogens is 386 g/mol. The molecule has 0 saturated carbocycles. The highest BCUT2D eigenvalue weighted by atomic mass is 19.1. The van der Waals surface area contributed by atoms with Crippen molar-refractivity contribution in [2.24, 2.45) is 0 Å². The topological polar surface area (TPSA) is 51.2 Å². The lowest BCUT2D eigenvalue weighted by Gasteiger charge is -2.10. The van der Waals surface area contributed by atoms with E-state index in [9.17, 15) is 13.6 Å². The molecule has 0 fully saturated rings. The molecule has 1 amide bonds. The van der Waals surface area contributed by atoms with Crippen molar-refractivity contribution < 1.29 is 18.3 Å². The molecule has 4 nitrogen and oxygen atoms in total. The Kier molecular flexibility index (Phi) is 5.57. The first kappa shape index (κ1) is 19.8. The molecule has 0 bridgehead atoms. The fourth-order valence-corrected chi connectivity index (χ4v) is 3.44. The zero-order valence-electron chi connectivity index (χ0n) is 16.4. The number of ether oxygens (including phenoxy) is 1. The Morgan fingerprint density at radius 2 is 2.10 bits per heavy atom. The van der Waals surface area contributed by atoms with E-state index in [0.717, 1.165) is 40.3 Å². The zero-order chi connectivity index (χ0) is 21.1. The van der Waals surface area contributed by atoms with E-state index in [1.54, 1.807) is 6.20 Å². The van der Waals surface area contributed by atoms with Gasteiger partial charge in [-0.05, 0) is 60.5 Å². The number of nitrogens with zero attached hydrogens (tertiary/aromatic N) is 1. The number of aromatic nitrogens is 1. The van der Waals surface area contributed by atoms with E-state index in [0.29, 0.717) is 13.0 Å². The quantitative estimate of drug-likeness (QED) is 0.636. The second-order valence-electron chi connectivity index (χ2n) is 7.18. The highest BCUT2D eigenvalue weighted by molar-refractivity contribution is 5.91. The van der Waals surface area contributed by atoms with Gasteiger partial charge in [0.1, 0.15) is 23.5 Å². The van der Waals surface area contributed by atoms with E-state index >= 15 is 0 Å². The van der Waals surface area contributed by atoms with Gasteiger partial charge in [0.2, 0.25) is 5.91 Å². The normalized spacial score (nSPS) is 15.1. The summed E-state index contributed by atoms with van der Waals surface area (Å²) in [5.74, 6) is -0.945. The van der Waals surface area contributed by atoms with E-state index in [1.807, 2.05) is 31.2 Å². The van der Waals surface area contributed by atoms with E-state index in [2.05, 4.69) is 16.4 Å². The van der Waals surface area contributed by atoms with Crippen molar-refractivity contribution in [3.05, 3.63) is 89.1 Å². The van der Waals surface area contributed by atoms with Crippen molar-refractivity contribution >= 4 is 12.0 Å². The third-order valence-corrected chi connectivity index (χ3v) is 4.97. The van der Waals surface area contributed by atoms with Crippen LogP contribution in [0.25, 0.3) is 17.3 Å². The van der Waals surface area contributed by atoms with Crippen LogP contribution in [0.4, 0.5) is 8.78 Å². The van der Waals surface area contributed by atoms with Crippen molar-refractivity contribution in [1.29, 1.82) is 0 Å². The predicted molar refractivity (Wildman–Crippen MR) is 111 cm³/mol. The molecule has 3 aromatic rings. The first-order chi connectivity index (χ1) is 14.5. The number of carbonyl (C=O) groups excluding carboxylic acids is 1. The molecular formula is C24H20F2N2O2. The number of hydrogen-bond donors (Lipinski definition) is 1. The second kappa shape index (κ2) is 8.45.